The van der Waals surface area contributed by atoms with E-state index in [-0.39, 0.29) is 49.5 Å². The SMILES string of the molecule is Cn1ccc(C(=O)NC2CCCCCC(F)(F)CC3CC3(C(=O)NS(=O)(=O)C3CC3)NC(=O)C3CC(Oc4nc5ccccc5nc4-c4cc5ccccc5o4)CN3C2=O)n1. The summed E-state index contributed by atoms with van der Waals surface area (Å²) in [6.45, 7) is -0.183. The first-order valence-electron chi connectivity index (χ1n) is 20.5. The van der Waals surface area contributed by atoms with Crippen LogP contribution >= 0.6 is 0 Å². The first kappa shape index (κ1) is 40.4. The van der Waals surface area contributed by atoms with Crippen LogP contribution in [0.4, 0.5) is 8.78 Å². The molecule has 5 heterocycles. The van der Waals surface area contributed by atoms with Crippen LogP contribution in [0.3, 0.4) is 0 Å². The first-order valence-corrected chi connectivity index (χ1v) is 22.0. The number of nitrogens with zero attached hydrogens (tertiary/aromatic N) is 5. The third kappa shape index (κ3) is 8.26. The number of sulfonamides is 1. The standard InChI is InChI=1S/C42H44F2N8O8S/c1-51-18-16-30(49-51)36(53)46-31-12-3-2-8-17-41(43,44)21-25-22-42(25,40(56)50-61(57,58)27-14-15-27)48-37(54)32-20-26(23-52(32)39(31)55)59-38-35(45-28-10-5-6-11-29(28)47-38)34-19-24-9-4-7-13-33(24)60-34/h4-7,9-11,13,16,18-19,25-27,31-32H,2-3,8,12,14-15,17,20-23H2,1H3,(H,46,53)(H,48,54)(H,50,56). The zero-order chi connectivity index (χ0) is 42.7. The minimum atomic E-state index is -4.11. The van der Waals surface area contributed by atoms with Crippen molar-refractivity contribution in [1.29, 1.82) is 0 Å². The summed E-state index contributed by atoms with van der Waals surface area (Å²) in [7, 11) is -2.48. The van der Waals surface area contributed by atoms with Crippen molar-refractivity contribution in [2.45, 2.75) is 99.1 Å². The lowest BCUT2D eigenvalue weighted by molar-refractivity contribution is -0.141. The quantitative estimate of drug-likeness (QED) is 0.199. The van der Waals surface area contributed by atoms with Gasteiger partial charge in [0, 0.05) is 37.9 Å². The van der Waals surface area contributed by atoms with E-state index in [1.165, 1.54) is 15.6 Å². The molecular formula is C42H44F2N8O8S. The molecule has 2 aliphatic heterocycles. The second-order valence-electron chi connectivity index (χ2n) is 16.6. The molecule has 0 bridgehead atoms. The van der Waals surface area contributed by atoms with Crippen molar-refractivity contribution in [2.75, 3.05) is 6.54 Å². The van der Waals surface area contributed by atoms with Crippen molar-refractivity contribution >= 4 is 55.7 Å². The molecule has 2 saturated carbocycles. The fourth-order valence-corrected chi connectivity index (χ4v) is 9.87. The van der Waals surface area contributed by atoms with Crippen molar-refractivity contribution < 1.29 is 45.5 Å². The van der Waals surface area contributed by atoms with Crippen LogP contribution in [0.2, 0.25) is 0 Å². The number of carbonyl (C=O) groups is 4. The number of aromatic nitrogens is 4. The molecular weight excluding hydrogens is 815 g/mol. The highest BCUT2D eigenvalue weighted by Crippen LogP contribution is 2.51. The highest BCUT2D eigenvalue weighted by atomic mass is 32.2. The normalized spacial score (nSPS) is 25.8. The van der Waals surface area contributed by atoms with E-state index in [1.807, 2.05) is 30.3 Å². The van der Waals surface area contributed by atoms with Gasteiger partial charge in [-0.05, 0) is 68.4 Å². The Labute approximate surface area is 348 Å². The Balaban J connectivity index is 1.07. The third-order valence-electron chi connectivity index (χ3n) is 12.0. The molecule has 2 aromatic carbocycles. The molecule has 2 aliphatic carbocycles. The molecule has 5 unspecified atom stereocenters. The Hall–Kier alpha value is -5.98. The van der Waals surface area contributed by atoms with Crippen molar-refractivity contribution in [3.63, 3.8) is 0 Å². The Bertz CT molecular complexity index is 2630. The number of hydrogen-bond donors (Lipinski definition) is 3. The number of rotatable bonds is 8. The average Bonchev–Trinajstić information content (AvgIpc) is 4.03. The number of para-hydroxylation sites is 3. The van der Waals surface area contributed by atoms with E-state index in [2.05, 4.69) is 20.5 Å². The Morgan fingerprint density at radius 2 is 1.72 bits per heavy atom. The summed E-state index contributed by atoms with van der Waals surface area (Å²) in [4.78, 5) is 67.5. The average molecular weight is 859 g/mol. The van der Waals surface area contributed by atoms with E-state index in [0.29, 0.717) is 48.1 Å². The van der Waals surface area contributed by atoms with Crippen LogP contribution in [0.1, 0.15) is 74.7 Å². The molecule has 2 saturated heterocycles. The number of halogens is 2. The lowest BCUT2D eigenvalue weighted by atomic mass is 10.00. The van der Waals surface area contributed by atoms with Crippen LogP contribution in [-0.2, 0) is 31.5 Å². The Kier molecular flexibility index (Phi) is 10.3. The molecule has 3 aromatic heterocycles. The summed E-state index contributed by atoms with van der Waals surface area (Å²) in [5, 5.41) is 9.58. The van der Waals surface area contributed by atoms with E-state index in [4.69, 9.17) is 19.1 Å². The van der Waals surface area contributed by atoms with Crippen molar-refractivity contribution in [3.05, 3.63) is 72.6 Å². The van der Waals surface area contributed by atoms with E-state index in [0.717, 1.165) is 5.39 Å². The zero-order valence-corrected chi connectivity index (χ0v) is 34.0. The van der Waals surface area contributed by atoms with Gasteiger partial charge in [0.1, 0.15) is 35.0 Å². The van der Waals surface area contributed by atoms with Gasteiger partial charge in [-0.3, -0.25) is 28.6 Å². The Morgan fingerprint density at radius 3 is 2.46 bits per heavy atom. The fraction of sp³-hybridized carbons (Fsp3) is 0.452. The van der Waals surface area contributed by atoms with Gasteiger partial charge in [0.2, 0.25) is 33.6 Å². The summed E-state index contributed by atoms with van der Waals surface area (Å²) in [5.74, 6) is -7.13. The number of alkyl halides is 2. The number of hydrogen-bond acceptors (Lipinski definition) is 11. The number of amides is 4. The number of fused-ring (bicyclic) bond motifs is 4. The molecule has 5 aromatic rings. The molecule has 19 heteroatoms. The number of benzene rings is 2. The van der Waals surface area contributed by atoms with Crippen LogP contribution in [0.5, 0.6) is 5.88 Å². The van der Waals surface area contributed by atoms with E-state index < -0.39 is 87.3 Å². The van der Waals surface area contributed by atoms with Gasteiger partial charge in [-0.25, -0.2) is 27.2 Å². The van der Waals surface area contributed by atoms with Crippen LogP contribution < -0.4 is 20.1 Å². The summed E-state index contributed by atoms with van der Waals surface area (Å²) < 4.78 is 73.1. The lowest BCUT2D eigenvalue weighted by Gasteiger charge is -2.30. The highest BCUT2D eigenvalue weighted by Gasteiger charge is 2.65. The van der Waals surface area contributed by atoms with E-state index >= 15 is 8.78 Å². The summed E-state index contributed by atoms with van der Waals surface area (Å²) in [5.41, 5.74) is 0.00495. The predicted molar refractivity (Wildman–Crippen MR) is 215 cm³/mol. The van der Waals surface area contributed by atoms with Crippen molar-refractivity contribution in [1.82, 2.24) is 40.0 Å². The largest absolute Gasteiger partial charge is 0.471 e. The first-order chi connectivity index (χ1) is 29.2. The number of nitrogens with one attached hydrogen (secondary N) is 3. The highest BCUT2D eigenvalue weighted by molar-refractivity contribution is 7.91. The van der Waals surface area contributed by atoms with Crippen LogP contribution in [0.25, 0.3) is 33.5 Å². The van der Waals surface area contributed by atoms with Gasteiger partial charge in [-0.2, -0.15) is 5.10 Å². The van der Waals surface area contributed by atoms with Crippen LogP contribution in [-0.4, -0.2) is 98.1 Å². The minimum absolute atomic E-state index is 0.0460. The Morgan fingerprint density at radius 1 is 0.967 bits per heavy atom. The maximum Gasteiger partial charge on any atom is 0.272 e. The van der Waals surface area contributed by atoms with Gasteiger partial charge in [0.15, 0.2) is 11.5 Å². The lowest BCUT2D eigenvalue weighted by Crippen LogP contribution is -2.58. The minimum Gasteiger partial charge on any atom is -0.471 e. The molecule has 4 fully saturated rings. The van der Waals surface area contributed by atoms with Crippen molar-refractivity contribution in [3.8, 4) is 17.3 Å². The molecule has 320 valence electrons. The topological polar surface area (TPSA) is 208 Å². The summed E-state index contributed by atoms with van der Waals surface area (Å²) in [6, 6.07) is 15.3. The summed E-state index contributed by atoms with van der Waals surface area (Å²) >= 11 is 0. The maximum atomic E-state index is 15.5. The van der Waals surface area contributed by atoms with Gasteiger partial charge in [-0.15, -0.1) is 0 Å². The van der Waals surface area contributed by atoms with Gasteiger partial charge >= 0.3 is 0 Å². The smallest absolute Gasteiger partial charge is 0.272 e. The van der Waals surface area contributed by atoms with Crippen molar-refractivity contribution in [2.24, 2.45) is 13.0 Å². The van der Waals surface area contributed by atoms with Gasteiger partial charge < -0.3 is 24.7 Å². The van der Waals surface area contributed by atoms with Gasteiger partial charge in [0.05, 0.1) is 22.8 Å². The maximum absolute atomic E-state index is 15.5. The molecule has 16 nitrogen and oxygen atoms in total. The summed E-state index contributed by atoms with van der Waals surface area (Å²) in [6.07, 6.45) is 0.452. The number of carbonyl (C=O) groups excluding carboxylic acids is 4. The molecule has 3 N–H and O–H groups in total. The number of aryl methyl sites for hydroxylation is 1. The van der Waals surface area contributed by atoms with Gasteiger partial charge in [0.25, 0.3) is 11.8 Å². The second-order valence-corrected chi connectivity index (χ2v) is 18.6. The molecule has 0 spiro atoms. The molecule has 61 heavy (non-hydrogen) atoms. The number of ether oxygens (including phenoxy) is 1. The third-order valence-corrected chi connectivity index (χ3v) is 13.8. The van der Waals surface area contributed by atoms with Gasteiger partial charge in [-0.1, -0.05) is 43.2 Å². The molecule has 9 rings (SSSR count). The van der Waals surface area contributed by atoms with E-state index in [1.54, 1.807) is 37.5 Å². The van der Waals surface area contributed by atoms with Crippen LogP contribution in [0, 0.1) is 5.92 Å². The molecule has 4 amide bonds. The van der Waals surface area contributed by atoms with Crippen LogP contribution in [0.15, 0.2) is 71.3 Å². The number of furan rings is 1. The van der Waals surface area contributed by atoms with E-state index in [9.17, 15) is 27.6 Å². The zero-order valence-electron chi connectivity index (χ0n) is 33.2. The predicted octanol–water partition coefficient (Wildman–Crippen LogP) is 4.40. The molecule has 4 aliphatic rings. The second kappa shape index (κ2) is 15.5. The fourth-order valence-electron chi connectivity index (χ4n) is 8.50. The molecule has 5 atom stereocenters. The molecule has 0 radical (unpaired) electrons. The monoisotopic (exact) mass is 858 g/mol.